The van der Waals surface area contributed by atoms with Gasteiger partial charge in [0.1, 0.15) is 5.75 Å². The number of halogens is 1. The van der Waals surface area contributed by atoms with Crippen LogP contribution in [0.5, 0.6) is 5.75 Å². The van der Waals surface area contributed by atoms with Crippen molar-refractivity contribution in [1.29, 1.82) is 0 Å². The predicted molar refractivity (Wildman–Crippen MR) is 76.7 cm³/mol. The molecule has 6 heteroatoms. The first-order valence-corrected chi connectivity index (χ1v) is 6.36. The van der Waals surface area contributed by atoms with Crippen molar-refractivity contribution in [1.82, 2.24) is 9.78 Å². The van der Waals surface area contributed by atoms with Crippen molar-refractivity contribution in [3.05, 3.63) is 39.1 Å². The minimum atomic E-state index is -0.371. The van der Waals surface area contributed by atoms with Crippen LogP contribution in [-0.2, 0) is 7.05 Å². The van der Waals surface area contributed by atoms with Gasteiger partial charge in [0.2, 0.25) is 0 Å². The number of nitrogens with zero attached hydrogens (tertiary/aromatic N) is 2. The minimum Gasteiger partial charge on any atom is -0.507 e. The summed E-state index contributed by atoms with van der Waals surface area (Å²) in [5, 5.41) is 16.4. The van der Waals surface area contributed by atoms with Crippen molar-refractivity contribution in [3.63, 3.8) is 0 Å². The molecule has 1 heterocycles. The van der Waals surface area contributed by atoms with Crippen LogP contribution in [0, 0.1) is 10.5 Å². The number of aryl methyl sites for hydroxylation is 2. The SMILES string of the molecule is Cc1cc(NC(=O)c2cc(I)ccc2O)nn1C. The summed E-state index contributed by atoms with van der Waals surface area (Å²) in [6.45, 7) is 1.89. The summed E-state index contributed by atoms with van der Waals surface area (Å²) in [4.78, 5) is 12.0. The van der Waals surface area contributed by atoms with Gasteiger partial charge in [0.05, 0.1) is 5.56 Å². The van der Waals surface area contributed by atoms with Crippen LogP contribution in [0.1, 0.15) is 16.1 Å². The molecule has 2 rings (SSSR count). The number of aromatic nitrogens is 2. The van der Waals surface area contributed by atoms with Gasteiger partial charge in [-0.2, -0.15) is 5.10 Å². The lowest BCUT2D eigenvalue weighted by molar-refractivity contribution is 0.102. The van der Waals surface area contributed by atoms with Gasteiger partial charge < -0.3 is 10.4 Å². The van der Waals surface area contributed by atoms with E-state index in [9.17, 15) is 9.90 Å². The third-order valence-corrected chi connectivity index (χ3v) is 3.23. The van der Waals surface area contributed by atoms with E-state index in [4.69, 9.17) is 0 Å². The largest absolute Gasteiger partial charge is 0.507 e. The normalized spacial score (nSPS) is 10.4. The number of rotatable bonds is 2. The van der Waals surface area contributed by atoms with Crippen LogP contribution in [0.4, 0.5) is 5.82 Å². The minimum absolute atomic E-state index is 0.0411. The topological polar surface area (TPSA) is 67.2 Å². The number of anilines is 1. The maximum Gasteiger partial charge on any atom is 0.260 e. The maximum atomic E-state index is 12.0. The van der Waals surface area contributed by atoms with Gasteiger partial charge in [-0.15, -0.1) is 0 Å². The highest BCUT2D eigenvalue weighted by atomic mass is 127. The van der Waals surface area contributed by atoms with E-state index in [-0.39, 0.29) is 17.2 Å². The first-order chi connectivity index (χ1) is 8.47. The highest BCUT2D eigenvalue weighted by Crippen LogP contribution is 2.21. The number of carbonyl (C=O) groups excluding carboxylic acids is 1. The molecule has 0 aliphatic carbocycles. The second-order valence-electron chi connectivity index (χ2n) is 3.91. The molecule has 2 N–H and O–H groups in total. The van der Waals surface area contributed by atoms with E-state index < -0.39 is 0 Å². The Labute approximate surface area is 118 Å². The molecule has 0 saturated carbocycles. The number of hydrogen-bond donors (Lipinski definition) is 2. The molecule has 0 unspecified atom stereocenters. The molecule has 1 aromatic carbocycles. The van der Waals surface area contributed by atoms with Crippen LogP contribution in [0.15, 0.2) is 24.3 Å². The molecule has 94 valence electrons. The summed E-state index contributed by atoms with van der Waals surface area (Å²) in [6.07, 6.45) is 0. The lowest BCUT2D eigenvalue weighted by Crippen LogP contribution is -2.13. The molecule has 1 amide bonds. The lowest BCUT2D eigenvalue weighted by Gasteiger charge is -2.04. The molecule has 0 bridgehead atoms. The molecule has 0 fully saturated rings. The third-order valence-electron chi connectivity index (χ3n) is 2.56. The molecule has 18 heavy (non-hydrogen) atoms. The number of benzene rings is 1. The Morgan fingerprint density at radius 1 is 1.44 bits per heavy atom. The Kier molecular flexibility index (Phi) is 3.55. The van der Waals surface area contributed by atoms with Gasteiger partial charge >= 0.3 is 0 Å². The molecule has 5 nitrogen and oxygen atoms in total. The number of phenolic OH excluding ortho intramolecular Hbond substituents is 1. The zero-order chi connectivity index (χ0) is 13.3. The molecule has 0 atom stereocenters. The average molecular weight is 357 g/mol. The second-order valence-corrected chi connectivity index (χ2v) is 5.16. The fourth-order valence-corrected chi connectivity index (χ4v) is 1.99. The maximum absolute atomic E-state index is 12.0. The summed E-state index contributed by atoms with van der Waals surface area (Å²) in [7, 11) is 1.80. The van der Waals surface area contributed by atoms with E-state index in [2.05, 4.69) is 33.0 Å². The van der Waals surface area contributed by atoms with Gasteiger partial charge in [-0.25, -0.2) is 0 Å². The lowest BCUT2D eigenvalue weighted by atomic mass is 10.2. The van der Waals surface area contributed by atoms with Crippen LogP contribution in [-0.4, -0.2) is 20.8 Å². The van der Waals surface area contributed by atoms with Crippen molar-refractivity contribution >= 4 is 34.3 Å². The number of aromatic hydroxyl groups is 1. The van der Waals surface area contributed by atoms with E-state index in [0.717, 1.165) is 9.26 Å². The zero-order valence-electron chi connectivity index (χ0n) is 9.94. The van der Waals surface area contributed by atoms with Crippen molar-refractivity contribution in [2.45, 2.75) is 6.92 Å². The smallest absolute Gasteiger partial charge is 0.260 e. The third kappa shape index (κ3) is 2.63. The quantitative estimate of drug-likeness (QED) is 0.811. The molecule has 1 aromatic heterocycles. The van der Waals surface area contributed by atoms with Gasteiger partial charge in [-0.3, -0.25) is 9.48 Å². The molecular weight excluding hydrogens is 345 g/mol. The van der Waals surface area contributed by atoms with Gasteiger partial charge in [0.25, 0.3) is 5.91 Å². The summed E-state index contributed by atoms with van der Waals surface area (Å²) < 4.78 is 2.55. The van der Waals surface area contributed by atoms with Crippen LogP contribution in [0.25, 0.3) is 0 Å². The molecular formula is C12H12IN3O2. The second kappa shape index (κ2) is 4.97. The molecule has 2 aromatic rings. The van der Waals surface area contributed by atoms with E-state index in [1.165, 1.54) is 6.07 Å². The van der Waals surface area contributed by atoms with Crippen LogP contribution in [0.2, 0.25) is 0 Å². The highest BCUT2D eigenvalue weighted by molar-refractivity contribution is 14.1. The van der Waals surface area contributed by atoms with Gasteiger partial charge in [-0.05, 0) is 47.7 Å². The molecule has 0 aliphatic rings. The van der Waals surface area contributed by atoms with E-state index in [0.29, 0.717) is 5.82 Å². The van der Waals surface area contributed by atoms with E-state index in [1.54, 1.807) is 29.9 Å². The van der Waals surface area contributed by atoms with Crippen molar-refractivity contribution in [2.75, 3.05) is 5.32 Å². The fraction of sp³-hybridized carbons (Fsp3) is 0.167. The monoisotopic (exact) mass is 357 g/mol. The number of nitrogens with one attached hydrogen (secondary N) is 1. The van der Waals surface area contributed by atoms with Gasteiger partial charge in [-0.1, -0.05) is 0 Å². The van der Waals surface area contributed by atoms with Crippen LogP contribution >= 0.6 is 22.6 Å². The van der Waals surface area contributed by atoms with Crippen molar-refractivity contribution in [3.8, 4) is 5.75 Å². The number of carbonyl (C=O) groups is 1. The Morgan fingerprint density at radius 2 is 2.17 bits per heavy atom. The van der Waals surface area contributed by atoms with Crippen molar-refractivity contribution < 1.29 is 9.90 Å². The fourth-order valence-electron chi connectivity index (χ4n) is 1.50. The molecule has 0 aliphatic heterocycles. The standard InChI is InChI=1S/C12H12IN3O2/c1-7-5-11(15-16(7)2)14-12(18)9-6-8(13)3-4-10(9)17/h3-6,17H,1-2H3,(H,14,15,18). The predicted octanol–water partition coefficient (Wildman–Crippen LogP) is 2.29. The summed E-state index contributed by atoms with van der Waals surface area (Å²) in [5.41, 5.74) is 1.18. The molecule has 0 saturated heterocycles. The van der Waals surface area contributed by atoms with Gasteiger partial charge in [0.15, 0.2) is 5.82 Å². The number of hydrogen-bond acceptors (Lipinski definition) is 3. The Balaban J connectivity index is 2.24. The Bertz CT molecular complexity index is 588. The Hall–Kier alpha value is -1.57. The summed E-state index contributed by atoms with van der Waals surface area (Å²) in [6, 6.07) is 6.63. The summed E-state index contributed by atoms with van der Waals surface area (Å²) >= 11 is 2.09. The zero-order valence-corrected chi connectivity index (χ0v) is 12.1. The average Bonchev–Trinajstić information content (AvgIpc) is 2.61. The summed E-state index contributed by atoms with van der Waals surface area (Å²) in [5.74, 6) is 0.0583. The first kappa shape index (κ1) is 12.9. The van der Waals surface area contributed by atoms with Crippen molar-refractivity contribution in [2.24, 2.45) is 7.05 Å². The van der Waals surface area contributed by atoms with Crippen LogP contribution in [0.3, 0.4) is 0 Å². The first-order valence-electron chi connectivity index (χ1n) is 5.28. The van der Waals surface area contributed by atoms with Gasteiger partial charge in [0, 0.05) is 22.4 Å². The molecule has 0 spiro atoms. The highest BCUT2D eigenvalue weighted by Gasteiger charge is 2.13. The van der Waals surface area contributed by atoms with Crippen LogP contribution < -0.4 is 5.32 Å². The number of phenols is 1. The van der Waals surface area contributed by atoms with E-state index >= 15 is 0 Å². The molecule has 0 radical (unpaired) electrons. The van der Waals surface area contributed by atoms with E-state index in [1.807, 2.05) is 6.92 Å². The Morgan fingerprint density at radius 3 is 2.78 bits per heavy atom. The number of amides is 1.